The Balaban J connectivity index is 1.74. The van der Waals surface area contributed by atoms with Crippen molar-refractivity contribution in [1.29, 1.82) is 0 Å². The molecule has 8 heteroatoms. The van der Waals surface area contributed by atoms with Crippen LogP contribution in [-0.2, 0) is 22.6 Å². The highest BCUT2D eigenvalue weighted by Crippen LogP contribution is 2.13. The number of carbonyl (C=O) groups excluding carboxylic acids is 2. The Kier molecular flexibility index (Phi) is 7.36. The topological polar surface area (TPSA) is 104 Å². The lowest BCUT2D eigenvalue weighted by Gasteiger charge is -2.07. The Morgan fingerprint density at radius 2 is 2.04 bits per heavy atom. The summed E-state index contributed by atoms with van der Waals surface area (Å²) in [5.74, 6) is 0.250. The minimum atomic E-state index is -0.242. The van der Waals surface area contributed by atoms with Crippen molar-refractivity contribution in [3.05, 3.63) is 45.9 Å². The molecule has 0 aliphatic carbocycles. The van der Waals surface area contributed by atoms with E-state index in [1.165, 1.54) is 18.4 Å². The van der Waals surface area contributed by atoms with E-state index in [2.05, 4.69) is 15.0 Å². The van der Waals surface area contributed by atoms with E-state index in [1.807, 2.05) is 24.3 Å². The second-order valence-electron chi connectivity index (χ2n) is 5.19. The van der Waals surface area contributed by atoms with Crippen LogP contribution in [0.1, 0.15) is 33.9 Å². The zero-order valence-corrected chi connectivity index (χ0v) is 14.8. The highest BCUT2D eigenvalue weighted by Gasteiger charge is 2.09. The summed E-state index contributed by atoms with van der Waals surface area (Å²) in [6.45, 7) is 1.18. The monoisotopic (exact) mass is 363 g/mol. The fourth-order valence-corrected chi connectivity index (χ4v) is 2.65. The zero-order valence-electron chi connectivity index (χ0n) is 14.0. The van der Waals surface area contributed by atoms with E-state index in [9.17, 15) is 9.59 Å². The fraction of sp³-hybridized carbons (Fsp3) is 0.353. The number of methoxy groups -OCH3 is 1. The Morgan fingerprint density at radius 3 is 2.68 bits per heavy atom. The molecule has 0 spiro atoms. The summed E-state index contributed by atoms with van der Waals surface area (Å²) >= 11 is 1.37. The van der Waals surface area contributed by atoms with Crippen molar-refractivity contribution in [1.82, 2.24) is 10.3 Å². The van der Waals surface area contributed by atoms with Crippen molar-refractivity contribution in [2.75, 3.05) is 13.7 Å². The minimum Gasteiger partial charge on any atom is -0.494 e. The molecule has 0 unspecified atom stereocenters. The van der Waals surface area contributed by atoms with Crippen LogP contribution in [0.5, 0.6) is 5.75 Å². The maximum Gasteiger partial charge on any atom is 0.305 e. The molecular formula is C17H21N3O4S. The average molecular weight is 363 g/mol. The number of nitrogens with zero attached hydrogens (tertiary/aromatic N) is 1. The largest absolute Gasteiger partial charge is 0.494 e. The standard InChI is InChI=1S/C17H21N3O4S/c1-23-16(21)3-2-8-24-13-6-4-12(5-7-13)10-19-17(22)14-11-25-15(9-18)20-14/h4-7,11H,2-3,8-10,18H2,1H3,(H,19,22). The molecule has 1 heterocycles. The van der Waals surface area contributed by atoms with E-state index in [0.29, 0.717) is 44.0 Å². The third kappa shape index (κ3) is 6.17. The van der Waals surface area contributed by atoms with Gasteiger partial charge in [-0.15, -0.1) is 11.3 Å². The quantitative estimate of drug-likeness (QED) is 0.521. The van der Waals surface area contributed by atoms with E-state index < -0.39 is 0 Å². The van der Waals surface area contributed by atoms with Crippen molar-refractivity contribution in [3.63, 3.8) is 0 Å². The van der Waals surface area contributed by atoms with Gasteiger partial charge in [-0.1, -0.05) is 12.1 Å². The van der Waals surface area contributed by atoms with E-state index in [4.69, 9.17) is 10.5 Å². The third-order valence-electron chi connectivity index (χ3n) is 3.36. The van der Waals surface area contributed by atoms with Gasteiger partial charge in [-0.3, -0.25) is 9.59 Å². The molecule has 1 aromatic heterocycles. The van der Waals surface area contributed by atoms with E-state index in [1.54, 1.807) is 5.38 Å². The van der Waals surface area contributed by atoms with Crippen LogP contribution in [0.2, 0.25) is 0 Å². The molecule has 0 saturated carbocycles. The molecule has 7 nitrogen and oxygen atoms in total. The lowest BCUT2D eigenvalue weighted by molar-refractivity contribution is -0.140. The lowest BCUT2D eigenvalue weighted by atomic mass is 10.2. The van der Waals surface area contributed by atoms with Gasteiger partial charge in [0.1, 0.15) is 16.5 Å². The molecule has 0 radical (unpaired) electrons. The molecule has 3 N–H and O–H groups in total. The van der Waals surface area contributed by atoms with Gasteiger partial charge in [0.25, 0.3) is 5.91 Å². The van der Waals surface area contributed by atoms with Crippen LogP contribution < -0.4 is 15.8 Å². The number of ether oxygens (including phenoxy) is 2. The molecule has 1 amide bonds. The predicted octanol–water partition coefficient (Wildman–Crippen LogP) is 1.86. The summed E-state index contributed by atoms with van der Waals surface area (Å²) in [7, 11) is 1.37. The summed E-state index contributed by atoms with van der Waals surface area (Å²) < 4.78 is 10.1. The van der Waals surface area contributed by atoms with Crippen LogP contribution in [0.4, 0.5) is 0 Å². The molecule has 25 heavy (non-hydrogen) atoms. The first kappa shape index (κ1) is 18.9. The summed E-state index contributed by atoms with van der Waals surface area (Å²) in [4.78, 5) is 27.1. The number of aromatic nitrogens is 1. The van der Waals surface area contributed by atoms with Crippen LogP contribution >= 0.6 is 11.3 Å². The van der Waals surface area contributed by atoms with Gasteiger partial charge in [-0.2, -0.15) is 0 Å². The van der Waals surface area contributed by atoms with Crippen LogP contribution in [0, 0.1) is 0 Å². The molecule has 1 aromatic carbocycles. The Labute approximate surface area is 150 Å². The molecule has 0 saturated heterocycles. The maximum absolute atomic E-state index is 12.0. The number of thiazole rings is 1. The van der Waals surface area contributed by atoms with Gasteiger partial charge >= 0.3 is 5.97 Å². The Bertz CT molecular complexity index is 700. The van der Waals surface area contributed by atoms with Crippen molar-refractivity contribution in [2.24, 2.45) is 5.73 Å². The molecular weight excluding hydrogens is 342 g/mol. The minimum absolute atomic E-state index is 0.223. The number of rotatable bonds is 9. The number of benzene rings is 1. The molecule has 0 fully saturated rings. The molecule has 2 rings (SSSR count). The molecule has 0 aliphatic rings. The summed E-state index contributed by atoms with van der Waals surface area (Å²) in [6, 6.07) is 7.41. The summed E-state index contributed by atoms with van der Waals surface area (Å²) in [5.41, 5.74) is 6.82. The number of amides is 1. The van der Waals surface area contributed by atoms with E-state index >= 15 is 0 Å². The number of nitrogens with two attached hydrogens (primary N) is 1. The number of carbonyl (C=O) groups is 2. The summed E-state index contributed by atoms with van der Waals surface area (Å²) in [6.07, 6.45) is 0.937. The van der Waals surface area contributed by atoms with Gasteiger partial charge in [0.2, 0.25) is 0 Å². The van der Waals surface area contributed by atoms with Gasteiger partial charge in [0.05, 0.1) is 13.7 Å². The molecule has 2 aromatic rings. The smallest absolute Gasteiger partial charge is 0.305 e. The van der Waals surface area contributed by atoms with Crippen LogP contribution in [-0.4, -0.2) is 30.6 Å². The maximum atomic E-state index is 12.0. The second-order valence-corrected chi connectivity index (χ2v) is 6.13. The van der Waals surface area contributed by atoms with Crippen LogP contribution in [0.25, 0.3) is 0 Å². The first-order chi connectivity index (χ1) is 12.1. The highest BCUT2D eigenvalue weighted by atomic mass is 32.1. The number of esters is 1. The van der Waals surface area contributed by atoms with Crippen molar-refractivity contribution in [3.8, 4) is 5.75 Å². The Hall–Kier alpha value is -2.45. The van der Waals surface area contributed by atoms with Crippen molar-refractivity contribution < 1.29 is 19.1 Å². The van der Waals surface area contributed by atoms with Gasteiger partial charge in [-0.05, 0) is 24.1 Å². The Morgan fingerprint density at radius 1 is 1.28 bits per heavy atom. The van der Waals surface area contributed by atoms with Gasteiger partial charge < -0.3 is 20.5 Å². The number of hydrogen-bond acceptors (Lipinski definition) is 7. The summed E-state index contributed by atoms with van der Waals surface area (Å²) in [5, 5.41) is 5.25. The number of nitrogens with one attached hydrogen (secondary N) is 1. The van der Waals surface area contributed by atoms with Gasteiger partial charge in [-0.25, -0.2) is 4.98 Å². The molecule has 134 valence electrons. The predicted molar refractivity (Wildman–Crippen MR) is 94.4 cm³/mol. The third-order valence-corrected chi connectivity index (χ3v) is 4.23. The second kappa shape index (κ2) is 9.75. The highest BCUT2D eigenvalue weighted by molar-refractivity contribution is 7.09. The van der Waals surface area contributed by atoms with Crippen molar-refractivity contribution >= 4 is 23.2 Å². The van der Waals surface area contributed by atoms with E-state index in [0.717, 1.165) is 10.6 Å². The van der Waals surface area contributed by atoms with Crippen molar-refractivity contribution in [2.45, 2.75) is 25.9 Å². The van der Waals surface area contributed by atoms with E-state index in [-0.39, 0.29) is 11.9 Å². The van der Waals surface area contributed by atoms with Crippen LogP contribution in [0.15, 0.2) is 29.6 Å². The number of hydrogen-bond donors (Lipinski definition) is 2. The molecule has 0 atom stereocenters. The molecule has 0 bridgehead atoms. The van der Waals surface area contributed by atoms with Crippen LogP contribution in [0.3, 0.4) is 0 Å². The first-order valence-corrected chi connectivity index (χ1v) is 8.71. The lowest BCUT2D eigenvalue weighted by Crippen LogP contribution is -2.23. The average Bonchev–Trinajstić information content (AvgIpc) is 3.13. The fourth-order valence-electron chi connectivity index (χ4n) is 1.99. The normalized spacial score (nSPS) is 10.3. The SMILES string of the molecule is COC(=O)CCCOc1ccc(CNC(=O)c2csc(CN)n2)cc1. The van der Waals surface area contributed by atoms with Gasteiger partial charge in [0, 0.05) is 24.9 Å². The zero-order chi connectivity index (χ0) is 18.1. The van der Waals surface area contributed by atoms with Gasteiger partial charge in [0.15, 0.2) is 0 Å². The first-order valence-electron chi connectivity index (χ1n) is 7.83. The molecule has 0 aliphatic heterocycles.